The third-order valence-electron chi connectivity index (χ3n) is 5.41. The average Bonchev–Trinajstić information content (AvgIpc) is 2.48. The summed E-state index contributed by atoms with van der Waals surface area (Å²) in [4.78, 5) is 5.27. The van der Waals surface area contributed by atoms with Crippen molar-refractivity contribution in [2.24, 2.45) is 5.41 Å². The SMILES string of the molecule is CCN1CCC(N(C)CC2(CBr)CCCCC2)CC1. The van der Waals surface area contributed by atoms with Crippen molar-refractivity contribution in [1.82, 2.24) is 9.80 Å². The van der Waals surface area contributed by atoms with Crippen molar-refractivity contribution in [3.8, 4) is 0 Å². The smallest absolute Gasteiger partial charge is 0.0117 e. The number of likely N-dealkylation sites (tertiary alicyclic amines) is 1. The van der Waals surface area contributed by atoms with Gasteiger partial charge in [-0.1, -0.05) is 42.1 Å². The molecule has 3 heteroatoms. The van der Waals surface area contributed by atoms with Crippen LogP contribution in [0.3, 0.4) is 0 Å². The Morgan fingerprint density at radius 3 is 2.32 bits per heavy atom. The Hall–Kier alpha value is 0.400. The summed E-state index contributed by atoms with van der Waals surface area (Å²) in [5.41, 5.74) is 0.564. The third-order valence-corrected chi connectivity index (χ3v) is 6.60. The minimum Gasteiger partial charge on any atom is -0.303 e. The summed E-state index contributed by atoms with van der Waals surface area (Å²) in [6.07, 6.45) is 9.91. The summed E-state index contributed by atoms with van der Waals surface area (Å²) in [6.45, 7) is 7.41. The zero-order chi connectivity index (χ0) is 13.7. The normalized spacial score (nSPS) is 25.9. The van der Waals surface area contributed by atoms with Gasteiger partial charge < -0.3 is 9.80 Å². The standard InChI is InChI=1S/C16H31BrN2/c1-3-19-11-7-15(8-12-19)18(2)14-16(13-17)9-5-4-6-10-16/h15H,3-14H2,1-2H3. The van der Waals surface area contributed by atoms with E-state index in [0.717, 1.165) is 6.04 Å². The summed E-state index contributed by atoms with van der Waals surface area (Å²) in [5.74, 6) is 0. The van der Waals surface area contributed by atoms with Gasteiger partial charge >= 0.3 is 0 Å². The van der Waals surface area contributed by atoms with Crippen LogP contribution in [0.2, 0.25) is 0 Å². The largest absolute Gasteiger partial charge is 0.303 e. The molecule has 1 saturated heterocycles. The highest BCUT2D eigenvalue weighted by Gasteiger charge is 2.34. The molecule has 0 bridgehead atoms. The molecule has 1 saturated carbocycles. The van der Waals surface area contributed by atoms with Crippen LogP contribution in [-0.4, -0.2) is 54.4 Å². The third kappa shape index (κ3) is 4.18. The lowest BCUT2D eigenvalue weighted by Crippen LogP contribution is -2.47. The van der Waals surface area contributed by atoms with Crippen LogP contribution in [-0.2, 0) is 0 Å². The molecule has 0 N–H and O–H groups in total. The molecular formula is C16H31BrN2. The molecule has 0 spiro atoms. The zero-order valence-electron chi connectivity index (χ0n) is 12.8. The molecular weight excluding hydrogens is 300 g/mol. The fourth-order valence-corrected chi connectivity index (χ4v) is 4.71. The number of nitrogens with zero attached hydrogens (tertiary/aromatic N) is 2. The molecule has 112 valence electrons. The van der Waals surface area contributed by atoms with Crippen molar-refractivity contribution < 1.29 is 0 Å². The van der Waals surface area contributed by atoms with E-state index in [1.54, 1.807) is 0 Å². The van der Waals surface area contributed by atoms with Gasteiger partial charge in [-0.15, -0.1) is 0 Å². The van der Waals surface area contributed by atoms with E-state index in [1.165, 1.54) is 76.5 Å². The number of hydrogen-bond donors (Lipinski definition) is 0. The van der Waals surface area contributed by atoms with Gasteiger partial charge in [0.1, 0.15) is 0 Å². The fraction of sp³-hybridized carbons (Fsp3) is 1.00. The van der Waals surface area contributed by atoms with Crippen molar-refractivity contribution >= 4 is 15.9 Å². The lowest BCUT2D eigenvalue weighted by Gasteiger charge is -2.43. The molecule has 0 amide bonds. The molecule has 19 heavy (non-hydrogen) atoms. The van der Waals surface area contributed by atoms with Gasteiger partial charge in [0.2, 0.25) is 0 Å². The highest BCUT2D eigenvalue weighted by molar-refractivity contribution is 9.09. The predicted octanol–water partition coefficient (Wildman–Crippen LogP) is 3.75. The zero-order valence-corrected chi connectivity index (χ0v) is 14.4. The lowest BCUT2D eigenvalue weighted by molar-refractivity contribution is 0.0779. The summed E-state index contributed by atoms with van der Waals surface area (Å²) in [5, 5.41) is 1.19. The molecule has 0 atom stereocenters. The first-order valence-corrected chi connectivity index (χ1v) is 9.30. The van der Waals surface area contributed by atoms with Crippen molar-refractivity contribution in [1.29, 1.82) is 0 Å². The molecule has 2 aliphatic rings. The Kier molecular flexibility index (Phi) is 6.16. The summed E-state index contributed by atoms with van der Waals surface area (Å²) < 4.78 is 0. The van der Waals surface area contributed by atoms with Gasteiger partial charge in [0, 0.05) is 17.9 Å². The van der Waals surface area contributed by atoms with Crippen molar-refractivity contribution in [3.63, 3.8) is 0 Å². The van der Waals surface area contributed by atoms with Crippen molar-refractivity contribution in [3.05, 3.63) is 0 Å². The minimum absolute atomic E-state index is 0.564. The monoisotopic (exact) mass is 330 g/mol. The Morgan fingerprint density at radius 2 is 1.79 bits per heavy atom. The molecule has 0 unspecified atom stereocenters. The van der Waals surface area contributed by atoms with Crippen LogP contribution in [0.4, 0.5) is 0 Å². The van der Waals surface area contributed by atoms with E-state index < -0.39 is 0 Å². The van der Waals surface area contributed by atoms with E-state index in [1.807, 2.05) is 0 Å². The quantitative estimate of drug-likeness (QED) is 0.708. The lowest BCUT2D eigenvalue weighted by atomic mass is 9.75. The van der Waals surface area contributed by atoms with E-state index in [2.05, 4.69) is 39.7 Å². The first-order chi connectivity index (χ1) is 9.19. The first kappa shape index (κ1) is 15.8. The van der Waals surface area contributed by atoms with E-state index in [9.17, 15) is 0 Å². The number of alkyl halides is 1. The van der Waals surface area contributed by atoms with E-state index in [-0.39, 0.29) is 0 Å². The number of rotatable bonds is 5. The maximum absolute atomic E-state index is 3.81. The molecule has 2 nitrogen and oxygen atoms in total. The first-order valence-electron chi connectivity index (χ1n) is 8.18. The molecule has 2 rings (SSSR count). The molecule has 0 aromatic carbocycles. The second kappa shape index (κ2) is 7.42. The van der Waals surface area contributed by atoms with E-state index in [4.69, 9.17) is 0 Å². The number of halogens is 1. The molecule has 1 aliphatic carbocycles. The Balaban J connectivity index is 1.84. The van der Waals surface area contributed by atoms with Crippen LogP contribution < -0.4 is 0 Å². The second-order valence-electron chi connectivity index (χ2n) is 6.77. The average molecular weight is 331 g/mol. The highest BCUT2D eigenvalue weighted by atomic mass is 79.9. The molecule has 0 aromatic heterocycles. The van der Waals surface area contributed by atoms with Crippen molar-refractivity contribution in [2.75, 3.05) is 38.6 Å². The van der Waals surface area contributed by atoms with Gasteiger partial charge in [0.25, 0.3) is 0 Å². The number of piperidine rings is 1. The Bertz CT molecular complexity index is 255. The Morgan fingerprint density at radius 1 is 1.16 bits per heavy atom. The Labute approximate surface area is 128 Å². The van der Waals surface area contributed by atoms with Crippen LogP contribution in [0.1, 0.15) is 51.9 Å². The maximum Gasteiger partial charge on any atom is 0.0117 e. The minimum atomic E-state index is 0.564. The van der Waals surface area contributed by atoms with E-state index in [0.29, 0.717) is 5.41 Å². The molecule has 2 fully saturated rings. The summed E-state index contributed by atoms with van der Waals surface area (Å²) in [7, 11) is 2.37. The van der Waals surface area contributed by atoms with Gasteiger partial charge in [-0.25, -0.2) is 0 Å². The van der Waals surface area contributed by atoms with Crippen LogP contribution in [0, 0.1) is 5.41 Å². The second-order valence-corrected chi connectivity index (χ2v) is 7.34. The van der Waals surface area contributed by atoms with Crippen LogP contribution in [0.15, 0.2) is 0 Å². The fourth-order valence-electron chi connectivity index (χ4n) is 3.97. The summed E-state index contributed by atoms with van der Waals surface area (Å²) >= 11 is 3.81. The van der Waals surface area contributed by atoms with Crippen LogP contribution in [0.25, 0.3) is 0 Å². The highest BCUT2D eigenvalue weighted by Crippen LogP contribution is 2.39. The van der Waals surface area contributed by atoms with Gasteiger partial charge in [-0.05, 0) is 57.8 Å². The summed E-state index contributed by atoms with van der Waals surface area (Å²) in [6, 6.07) is 0.820. The maximum atomic E-state index is 3.81. The number of hydrogen-bond acceptors (Lipinski definition) is 2. The molecule has 1 aliphatic heterocycles. The van der Waals surface area contributed by atoms with Crippen LogP contribution in [0.5, 0.6) is 0 Å². The van der Waals surface area contributed by atoms with Crippen LogP contribution >= 0.6 is 15.9 Å². The molecule has 0 radical (unpaired) electrons. The van der Waals surface area contributed by atoms with Gasteiger partial charge in [-0.2, -0.15) is 0 Å². The van der Waals surface area contributed by atoms with Gasteiger partial charge in [-0.3, -0.25) is 0 Å². The predicted molar refractivity (Wildman–Crippen MR) is 87.1 cm³/mol. The molecule has 1 heterocycles. The van der Waals surface area contributed by atoms with Gasteiger partial charge in [0.05, 0.1) is 0 Å². The topological polar surface area (TPSA) is 6.48 Å². The van der Waals surface area contributed by atoms with Gasteiger partial charge in [0.15, 0.2) is 0 Å². The van der Waals surface area contributed by atoms with E-state index >= 15 is 0 Å². The molecule has 0 aromatic rings. The van der Waals surface area contributed by atoms with Crippen molar-refractivity contribution in [2.45, 2.75) is 57.9 Å².